The molecule has 0 fully saturated rings. The summed E-state index contributed by atoms with van der Waals surface area (Å²) in [5.74, 6) is 0.390. The van der Waals surface area contributed by atoms with E-state index in [9.17, 15) is 4.79 Å². The molecule has 6 heteroatoms. The summed E-state index contributed by atoms with van der Waals surface area (Å²) in [5.41, 5.74) is 1.35. The van der Waals surface area contributed by atoms with Crippen molar-refractivity contribution in [2.75, 3.05) is 19.8 Å². The monoisotopic (exact) mass is 278 g/mol. The van der Waals surface area contributed by atoms with Crippen LogP contribution in [-0.2, 0) is 20.7 Å². The summed E-state index contributed by atoms with van der Waals surface area (Å²) in [5, 5.41) is 0. The van der Waals surface area contributed by atoms with Crippen molar-refractivity contribution >= 4 is 11.9 Å². The van der Waals surface area contributed by atoms with Crippen LogP contribution in [0.1, 0.15) is 25.2 Å². The number of ether oxygens (including phenoxy) is 3. The highest BCUT2D eigenvalue weighted by atomic mass is 16.7. The van der Waals surface area contributed by atoms with E-state index in [-0.39, 0.29) is 18.8 Å². The van der Waals surface area contributed by atoms with Gasteiger partial charge in [0.15, 0.2) is 12.1 Å². The molecule has 0 atom stereocenters. The van der Waals surface area contributed by atoms with Crippen molar-refractivity contribution in [3.05, 3.63) is 23.7 Å². The van der Waals surface area contributed by atoms with Gasteiger partial charge in [0.25, 0.3) is 0 Å². The first-order valence-electron chi connectivity index (χ1n) is 6.65. The van der Waals surface area contributed by atoms with Gasteiger partial charge in [-0.25, -0.2) is 9.97 Å². The Morgan fingerprint density at radius 3 is 2.70 bits per heavy atom. The molecule has 6 nitrogen and oxygen atoms in total. The summed E-state index contributed by atoms with van der Waals surface area (Å²) in [7, 11) is 0. The first-order valence-corrected chi connectivity index (χ1v) is 6.65. The van der Waals surface area contributed by atoms with E-state index in [1.54, 1.807) is 6.08 Å². The lowest BCUT2D eigenvalue weighted by Crippen LogP contribution is -2.25. The fraction of sp³-hybridized carbons (Fsp3) is 0.500. The van der Waals surface area contributed by atoms with Gasteiger partial charge in [-0.05, 0) is 26.0 Å². The predicted octanol–water partition coefficient (Wildman–Crippen LogP) is 1.39. The highest BCUT2D eigenvalue weighted by molar-refractivity contribution is 5.97. The van der Waals surface area contributed by atoms with Gasteiger partial charge in [0.05, 0.1) is 24.0 Å². The van der Waals surface area contributed by atoms with Crippen LogP contribution in [0.4, 0.5) is 0 Å². The van der Waals surface area contributed by atoms with Gasteiger partial charge in [0.2, 0.25) is 5.88 Å². The fourth-order valence-corrected chi connectivity index (χ4v) is 1.82. The van der Waals surface area contributed by atoms with Crippen LogP contribution in [0, 0.1) is 0 Å². The maximum Gasteiger partial charge on any atom is 0.232 e. The van der Waals surface area contributed by atoms with Gasteiger partial charge in [-0.3, -0.25) is 4.79 Å². The summed E-state index contributed by atoms with van der Waals surface area (Å²) >= 11 is 0. The van der Waals surface area contributed by atoms with Gasteiger partial charge in [0.1, 0.15) is 6.61 Å². The summed E-state index contributed by atoms with van der Waals surface area (Å²) in [6.45, 7) is 5.11. The van der Waals surface area contributed by atoms with Gasteiger partial charge < -0.3 is 14.2 Å². The Balaban J connectivity index is 1.98. The minimum atomic E-state index is -0.427. The van der Waals surface area contributed by atoms with E-state index < -0.39 is 6.29 Å². The Bertz CT molecular complexity index is 496. The Morgan fingerprint density at radius 2 is 2.00 bits per heavy atom. The average molecular weight is 278 g/mol. The Labute approximate surface area is 117 Å². The lowest BCUT2D eigenvalue weighted by atomic mass is 10.1. The smallest absolute Gasteiger partial charge is 0.232 e. The topological polar surface area (TPSA) is 70.5 Å². The molecule has 1 aliphatic carbocycles. The molecule has 0 aromatic carbocycles. The molecule has 0 amide bonds. The Hall–Kier alpha value is -1.79. The summed E-state index contributed by atoms with van der Waals surface area (Å²) < 4.78 is 16.3. The quantitative estimate of drug-likeness (QED) is 0.702. The van der Waals surface area contributed by atoms with Crippen molar-refractivity contribution in [1.29, 1.82) is 0 Å². The molecule has 0 bridgehead atoms. The minimum absolute atomic E-state index is 0.0189. The number of hydrogen-bond donors (Lipinski definition) is 0. The molecule has 20 heavy (non-hydrogen) atoms. The van der Waals surface area contributed by atoms with Crippen LogP contribution in [0.15, 0.2) is 12.3 Å². The van der Waals surface area contributed by atoms with Crippen molar-refractivity contribution in [3.63, 3.8) is 0 Å². The number of carbonyl (C=O) groups is 1. The number of nitrogens with zero attached hydrogens (tertiary/aromatic N) is 2. The van der Waals surface area contributed by atoms with E-state index in [1.165, 1.54) is 12.3 Å². The van der Waals surface area contributed by atoms with Gasteiger partial charge in [0, 0.05) is 13.2 Å². The molecule has 0 unspecified atom stereocenters. The van der Waals surface area contributed by atoms with Gasteiger partial charge >= 0.3 is 0 Å². The third-order valence-corrected chi connectivity index (χ3v) is 2.70. The van der Waals surface area contributed by atoms with Crippen molar-refractivity contribution in [2.24, 2.45) is 0 Å². The third kappa shape index (κ3) is 3.85. The molecule has 108 valence electrons. The van der Waals surface area contributed by atoms with Crippen LogP contribution in [0.5, 0.6) is 5.88 Å². The Kier molecular flexibility index (Phi) is 5.20. The van der Waals surface area contributed by atoms with Crippen LogP contribution < -0.4 is 4.74 Å². The first kappa shape index (κ1) is 14.6. The van der Waals surface area contributed by atoms with Crippen molar-refractivity contribution in [2.45, 2.75) is 26.6 Å². The maximum atomic E-state index is 11.3. The van der Waals surface area contributed by atoms with E-state index in [0.29, 0.717) is 30.5 Å². The van der Waals surface area contributed by atoms with Gasteiger partial charge in [-0.2, -0.15) is 0 Å². The first-order chi connectivity index (χ1) is 9.72. The van der Waals surface area contributed by atoms with E-state index in [1.807, 2.05) is 13.8 Å². The lowest BCUT2D eigenvalue weighted by molar-refractivity contribution is -0.152. The number of rotatable bonds is 7. The second-order valence-electron chi connectivity index (χ2n) is 4.17. The van der Waals surface area contributed by atoms with Crippen molar-refractivity contribution < 1.29 is 19.0 Å². The largest absolute Gasteiger partial charge is 0.471 e. The van der Waals surface area contributed by atoms with Crippen LogP contribution in [-0.4, -0.2) is 41.9 Å². The summed E-state index contributed by atoms with van der Waals surface area (Å²) in [6.07, 6.45) is 4.55. The molecule has 0 N–H and O–H groups in total. The van der Waals surface area contributed by atoms with E-state index >= 15 is 0 Å². The molecule has 1 aliphatic rings. The van der Waals surface area contributed by atoms with Crippen molar-refractivity contribution in [3.8, 4) is 5.88 Å². The number of allylic oxidation sites excluding steroid dienone is 1. The zero-order valence-electron chi connectivity index (χ0n) is 11.7. The normalized spacial score (nSPS) is 13.7. The highest BCUT2D eigenvalue weighted by Gasteiger charge is 2.15. The maximum absolute atomic E-state index is 11.3. The van der Waals surface area contributed by atoms with E-state index in [0.717, 1.165) is 0 Å². The minimum Gasteiger partial charge on any atom is -0.471 e. The summed E-state index contributed by atoms with van der Waals surface area (Å²) in [4.78, 5) is 19.8. The second-order valence-corrected chi connectivity index (χ2v) is 4.17. The number of hydrogen-bond acceptors (Lipinski definition) is 6. The molecule has 0 saturated carbocycles. The predicted molar refractivity (Wildman–Crippen MR) is 72.3 cm³/mol. The van der Waals surface area contributed by atoms with E-state index in [4.69, 9.17) is 14.2 Å². The standard InChI is InChI=1S/C14H18N2O4/c1-3-18-14(19-4-2)9-20-13-8-15-11-6-5-10(17)7-12(11)16-13/h5-6,8,14H,3-4,7,9H2,1-2H3. The van der Waals surface area contributed by atoms with Crippen LogP contribution >= 0.6 is 0 Å². The lowest BCUT2D eigenvalue weighted by Gasteiger charge is -2.17. The average Bonchev–Trinajstić information content (AvgIpc) is 2.44. The summed E-state index contributed by atoms with van der Waals surface area (Å²) in [6, 6.07) is 0. The van der Waals surface area contributed by atoms with E-state index in [2.05, 4.69) is 9.97 Å². The SMILES string of the molecule is CCOC(COc1cnc2c(n1)CC(=O)C=C2)OCC. The number of carbonyl (C=O) groups excluding carboxylic acids is 1. The Morgan fingerprint density at radius 1 is 1.25 bits per heavy atom. The fourth-order valence-electron chi connectivity index (χ4n) is 1.82. The van der Waals surface area contributed by atoms with Crippen LogP contribution in [0.3, 0.4) is 0 Å². The molecule has 0 spiro atoms. The number of aromatic nitrogens is 2. The molecular weight excluding hydrogens is 260 g/mol. The molecule has 0 saturated heterocycles. The van der Waals surface area contributed by atoms with Crippen LogP contribution in [0.2, 0.25) is 0 Å². The third-order valence-electron chi connectivity index (χ3n) is 2.70. The zero-order valence-corrected chi connectivity index (χ0v) is 11.7. The molecule has 0 radical (unpaired) electrons. The molecule has 1 aromatic rings. The zero-order chi connectivity index (χ0) is 14.4. The molecule has 1 aromatic heterocycles. The molecule has 1 heterocycles. The van der Waals surface area contributed by atoms with Gasteiger partial charge in [-0.15, -0.1) is 0 Å². The molecule has 0 aliphatic heterocycles. The highest BCUT2D eigenvalue weighted by Crippen LogP contribution is 2.16. The number of ketones is 1. The van der Waals surface area contributed by atoms with Crippen LogP contribution in [0.25, 0.3) is 6.08 Å². The number of fused-ring (bicyclic) bond motifs is 1. The molecular formula is C14H18N2O4. The second kappa shape index (κ2) is 7.12. The van der Waals surface area contributed by atoms with Gasteiger partial charge in [-0.1, -0.05) is 0 Å². The molecule has 2 rings (SSSR count). The van der Waals surface area contributed by atoms with Crippen molar-refractivity contribution in [1.82, 2.24) is 9.97 Å².